The van der Waals surface area contributed by atoms with E-state index in [9.17, 15) is 4.79 Å². The van der Waals surface area contributed by atoms with Crippen molar-refractivity contribution < 1.29 is 19.0 Å². The molecule has 0 radical (unpaired) electrons. The average molecular weight is 233 g/mol. The molecule has 2 rings (SSSR count). The molecule has 0 unspecified atom stereocenters. The van der Waals surface area contributed by atoms with Crippen LogP contribution >= 0.6 is 0 Å². The van der Waals surface area contributed by atoms with Crippen molar-refractivity contribution >= 4 is 5.97 Å². The van der Waals surface area contributed by atoms with Crippen LogP contribution < -0.4 is 9.47 Å². The van der Waals surface area contributed by atoms with Gasteiger partial charge in [0.2, 0.25) is 6.10 Å². The lowest BCUT2D eigenvalue weighted by Gasteiger charge is -2.25. The zero-order valence-electron chi connectivity index (χ0n) is 9.25. The lowest BCUT2D eigenvalue weighted by molar-refractivity contribution is -0.156. The summed E-state index contributed by atoms with van der Waals surface area (Å²) < 4.78 is 15.6. The zero-order valence-corrected chi connectivity index (χ0v) is 9.25. The fourth-order valence-corrected chi connectivity index (χ4v) is 1.41. The molecule has 0 fully saturated rings. The third kappa shape index (κ3) is 2.48. The molecule has 0 bridgehead atoms. The van der Waals surface area contributed by atoms with Crippen LogP contribution in [0.25, 0.3) is 0 Å². The largest absolute Gasteiger partial charge is 0.485 e. The molecular weight excluding hydrogens is 222 g/mol. The number of esters is 1. The summed E-state index contributed by atoms with van der Waals surface area (Å²) in [5.41, 5.74) is 0. The third-order valence-electron chi connectivity index (χ3n) is 2.25. The Labute approximate surface area is 98.5 Å². The number of para-hydroxylation sites is 2. The predicted octanol–water partition coefficient (Wildman–Crippen LogP) is 1.28. The van der Waals surface area contributed by atoms with Crippen LogP contribution in [0, 0.1) is 11.3 Å². The minimum Gasteiger partial charge on any atom is -0.485 e. The Morgan fingerprint density at radius 1 is 1.53 bits per heavy atom. The van der Waals surface area contributed by atoms with Gasteiger partial charge in [-0.05, 0) is 19.1 Å². The number of rotatable bonds is 2. The zero-order chi connectivity index (χ0) is 12.3. The van der Waals surface area contributed by atoms with E-state index in [1.165, 1.54) is 6.92 Å². The molecule has 1 aliphatic rings. The van der Waals surface area contributed by atoms with Crippen LogP contribution in [0.1, 0.15) is 6.92 Å². The summed E-state index contributed by atoms with van der Waals surface area (Å²) in [6, 6.07) is 8.89. The molecule has 1 aromatic carbocycles. The molecule has 1 aromatic rings. The molecule has 0 aliphatic carbocycles. The molecule has 5 heteroatoms. The van der Waals surface area contributed by atoms with Gasteiger partial charge >= 0.3 is 5.97 Å². The quantitative estimate of drug-likeness (QED) is 0.720. The molecule has 88 valence electrons. The summed E-state index contributed by atoms with van der Waals surface area (Å²) in [5, 5.41) is 8.54. The molecule has 0 spiro atoms. The second-order valence-electron chi connectivity index (χ2n) is 3.57. The van der Waals surface area contributed by atoms with E-state index < -0.39 is 18.2 Å². The van der Waals surface area contributed by atoms with Crippen molar-refractivity contribution in [2.45, 2.75) is 19.1 Å². The number of ether oxygens (including phenoxy) is 3. The summed E-state index contributed by atoms with van der Waals surface area (Å²) in [6.45, 7) is 1.59. The first-order valence-corrected chi connectivity index (χ1v) is 5.19. The number of benzene rings is 1. The Morgan fingerprint density at radius 2 is 2.24 bits per heavy atom. The van der Waals surface area contributed by atoms with Crippen LogP contribution in [-0.4, -0.2) is 24.8 Å². The molecule has 2 atom stereocenters. The minimum absolute atomic E-state index is 0.0913. The third-order valence-corrected chi connectivity index (χ3v) is 2.25. The first-order chi connectivity index (χ1) is 8.20. The Kier molecular flexibility index (Phi) is 3.15. The Morgan fingerprint density at radius 3 is 2.94 bits per heavy atom. The highest BCUT2D eigenvalue weighted by atomic mass is 16.6. The maximum Gasteiger partial charge on any atom is 0.352 e. The molecular formula is C12H11NO4. The van der Waals surface area contributed by atoms with Crippen molar-refractivity contribution in [1.29, 1.82) is 5.26 Å². The van der Waals surface area contributed by atoms with Crippen LogP contribution in [0.3, 0.4) is 0 Å². The second-order valence-corrected chi connectivity index (χ2v) is 3.57. The number of carbonyl (C=O) groups is 1. The average Bonchev–Trinajstić information content (AvgIpc) is 2.38. The van der Waals surface area contributed by atoms with Gasteiger partial charge in [-0.2, -0.15) is 5.26 Å². The molecule has 1 aliphatic heterocycles. The van der Waals surface area contributed by atoms with Gasteiger partial charge in [-0.25, -0.2) is 4.79 Å². The fraction of sp³-hybridized carbons (Fsp3) is 0.333. The highest BCUT2D eigenvalue weighted by Crippen LogP contribution is 2.31. The highest BCUT2D eigenvalue weighted by Gasteiger charge is 2.29. The van der Waals surface area contributed by atoms with Crippen molar-refractivity contribution in [3.05, 3.63) is 24.3 Å². The van der Waals surface area contributed by atoms with Crippen molar-refractivity contribution in [3.63, 3.8) is 0 Å². The van der Waals surface area contributed by atoms with Crippen LogP contribution in [0.4, 0.5) is 0 Å². The van der Waals surface area contributed by atoms with Crippen LogP contribution in [0.2, 0.25) is 0 Å². The summed E-state index contributed by atoms with van der Waals surface area (Å²) in [6.07, 6.45) is -1.61. The van der Waals surface area contributed by atoms with Gasteiger partial charge in [-0.15, -0.1) is 0 Å². The summed E-state index contributed by atoms with van der Waals surface area (Å²) in [5.74, 6) is 0.517. The number of hydrogen-bond acceptors (Lipinski definition) is 5. The maximum absolute atomic E-state index is 11.6. The van der Waals surface area contributed by atoms with Crippen LogP contribution in [-0.2, 0) is 9.53 Å². The molecule has 5 nitrogen and oxygen atoms in total. The number of hydrogen-bond donors (Lipinski definition) is 0. The van der Waals surface area contributed by atoms with Crippen molar-refractivity contribution in [3.8, 4) is 17.6 Å². The normalized spacial score (nSPS) is 18.9. The van der Waals surface area contributed by atoms with Gasteiger partial charge in [0.1, 0.15) is 12.7 Å². The smallest absolute Gasteiger partial charge is 0.352 e. The first-order valence-electron chi connectivity index (χ1n) is 5.19. The molecule has 17 heavy (non-hydrogen) atoms. The number of nitriles is 1. The molecule has 0 saturated heterocycles. The fourth-order valence-electron chi connectivity index (χ4n) is 1.41. The summed E-state index contributed by atoms with van der Waals surface area (Å²) in [7, 11) is 0. The summed E-state index contributed by atoms with van der Waals surface area (Å²) in [4.78, 5) is 11.6. The Bertz CT molecular complexity index is 466. The van der Waals surface area contributed by atoms with Crippen molar-refractivity contribution in [2.75, 3.05) is 6.61 Å². The molecule has 0 N–H and O–H groups in total. The second kappa shape index (κ2) is 4.74. The van der Waals surface area contributed by atoms with Crippen LogP contribution in [0.15, 0.2) is 24.3 Å². The van der Waals surface area contributed by atoms with Gasteiger partial charge in [-0.3, -0.25) is 0 Å². The lowest BCUT2D eigenvalue weighted by atomic mass is 10.2. The monoisotopic (exact) mass is 233 g/mol. The highest BCUT2D eigenvalue weighted by molar-refractivity contribution is 5.76. The summed E-state index contributed by atoms with van der Waals surface area (Å²) >= 11 is 0. The van der Waals surface area contributed by atoms with Crippen molar-refractivity contribution in [2.24, 2.45) is 0 Å². The van der Waals surface area contributed by atoms with Crippen LogP contribution in [0.5, 0.6) is 11.5 Å². The van der Waals surface area contributed by atoms with Gasteiger partial charge in [0.25, 0.3) is 0 Å². The number of fused-ring (bicyclic) bond motifs is 1. The standard InChI is InChI=1S/C12H11NO4/c1-8(6-13)16-12(14)11-7-15-9-4-2-3-5-10(9)17-11/h2-5,8,11H,7H2,1H3/t8-,11-/m1/s1. The molecule has 0 amide bonds. The predicted molar refractivity (Wildman–Crippen MR) is 57.5 cm³/mol. The topological polar surface area (TPSA) is 68.5 Å². The van der Waals surface area contributed by atoms with E-state index in [0.29, 0.717) is 11.5 Å². The van der Waals surface area contributed by atoms with Gasteiger partial charge in [0.05, 0.1) is 0 Å². The molecule has 1 heterocycles. The maximum atomic E-state index is 11.6. The van der Waals surface area contributed by atoms with Gasteiger partial charge in [0, 0.05) is 0 Å². The Hall–Kier alpha value is -2.22. The van der Waals surface area contributed by atoms with E-state index in [1.54, 1.807) is 18.2 Å². The number of nitrogens with zero attached hydrogens (tertiary/aromatic N) is 1. The Balaban J connectivity index is 2.03. The van der Waals surface area contributed by atoms with E-state index in [-0.39, 0.29) is 6.61 Å². The lowest BCUT2D eigenvalue weighted by Crippen LogP contribution is -2.39. The first kappa shape index (κ1) is 11.3. The number of carbonyl (C=O) groups excluding carboxylic acids is 1. The molecule has 0 saturated carbocycles. The minimum atomic E-state index is -0.819. The van der Waals surface area contributed by atoms with Gasteiger partial charge in [-0.1, -0.05) is 12.1 Å². The van der Waals surface area contributed by atoms with Gasteiger partial charge < -0.3 is 14.2 Å². The van der Waals surface area contributed by atoms with E-state index in [1.807, 2.05) is 12.1 Å². The SMILES string of the molecule is C[C@H](C#N)OC(=O)[C@H]1COc2ccccc2O1. The van der Waals surface area contributed by atoms with Gasteiger partial charge in [0.15, 0.2) is 17.6 Å². The molecule has 0 aromatic heterocycles. The van der Waals surface area contributed by atoms with E-state index in [2.05, 4.69) is 0 Å². The van der Waals surface area contributed by atoms with Crippen molar-refractivity contribution in [1.82, 2.24) is 0 Å². The van der Waals surface area contributed by atoms with E-state index in [0.717, 1.165) is 0 Å². The van der Waals surface area contributed by atoms with E-state index in [4.69, 9.17) is 19.5 Å². The van der Waals surface area contributed by atoms with E-state index >= 15 is 0 Å².